The highest BCUT2D eigenvalue weighted by Crippen LogP contribution is 2.35. The van der Waals surface area contributed by atoms with Crippen LogP contribution in [-0.2, 0) is 4.79 Å². The van der Waals surface area contributed by atoms with Gasteiger partial charge in [-0.15, -0.1) is 0 Å². The molecule has 2 aromatic carbocycles. The highest BCUT2D eigenvalue weighted by molar-refractivity contribution is 5.85. The van der Waals surface area contributed by atoms with E-state index in [4.69, 9.17) is 0 Å². The number of hydrogen-bond acceptors (Lipinski definition) is 1. The summed E-state index contributed by atoms with van der Waals surface area (Å²) in [5, 5.41) is 0. The van der Waals surface area contributed by atoms with E-state index in [0.717, 1.165) is 32.3 Å². The van der Waals surface area contributed by atoms with Gasteiger partial charge in [-0.1, -0.05) is 54.1 Å². The van der Waals surface area contributed by atoms with Crippen LogP contribution in [0.3, 0.4) is 0 Å². The maximum absolute atomic E-state index is 11.0. The van der Waals surface area contributed by atoms with E-state index in [2.05, 4.69) is 62.4 Å². The Morgan fingerprint density at radius 1 is 0.870 bits per heavy atom. The third-order valence-corrected chi connectivity index (χ3v) is 4.73. The van der Waals surface area contributed by atoms with Crippen LogP contribution in [0.4, 0.5) is 0 Å². The van der Waals surface area contributed by atoms with Crippen molar-refractivity contribution in [3.05, 3.63) is 76.4 Å². The number of carbonyl (C=O) groups is 1. The molecule has 0 aliphatic carbocycles. The monoisotopic (exact) mass is 305 g/mol. The second kappa shape index (κ2) is 6.82. The lowest BCUT2D eigenvalue weighted by Gasteiger charge is -2.28. The molecule has 0 atom stereocenters. The van der Waals surface area contributed by atoms with Gasteiger partial charge in [-0.3, -0.25) is 4.79 Å². The van der Waals surface area contributed by atoms with E-state index < -0.39 is 0 Å². The summed E-state index contributed by atoms with van der Waals surface area (Å²) < 4.78 is 0. The van der Waals surface area contributed by atoms with Gasteiger partial charge in [0.15, 0.2) is 0 Å². The van der Waals surface area contributed by atoms with E-state index in [0.29, 0.717) is 0 Å². The molecule has 0 spiro atoms. The Labute approximate surface area is 138 Å². The minimum atomic E-state index is 0.820. The molecule has 1 amide bonds. The van der Waals surface area contributed by atoms with Crippen molar-refractivity contribution < 1.29 is 4.79 Å². The van der Waals surface area contributed by atoms with Crippen molar-refractivity contribution in [2.45, 2.75) is 26.7 Å². The van der Waals surface area contributed by atoms with Gasteiger partial charge < -0.3 is 4.90 Å². The average molecular weight is 305 g/mol. The second-order valence-electron chi connectivity index (χ2n) is 6.25. The Morgan fingerprint density at radius 2 is 1.35 bits per heavy atom. The number of benzene rings is 2. The Kier molecular flexibility index (Phi) is 4.61. The lowest BCUT2D eigenvalue weighted by atomic mass is 9.85. The highest BCUT2D eigenvalue weighted by Gasteiger charge is 2.19. The number of hydrogen-bond donors (Lipinski definition) is 0. The quantitative estimate of drug-likeness (QED) is 0.772. The number of amides is 1. The third-order valence-electron chi connectivity index (χ3n) is 4.73. The van der Waals surface area contributed by atoms with E-state index in [-0.39, 0.29) is 0 Å². The molecule has 1 heterocycles. The largest absolute Gasteiger partial charge is 0.345 e. The summed E-state index contributed by atoms with van der Waals surface area (Å²) in [4.78, 5) is 12.9. The van der Waals surface area contributed by atoms with Gasteiger partial charge in [-0.2, -0.15) is 0 Å². The third kappa shape index (κ3) is 3.21. The highest BCUT2D eigenvalue weighted by atomic mass is 16.1. The SMILES string of the molecule is Cc1ccccc1C(=C1CCN(C=O)CC1)c1ccccc1C. The summed E-state index contributed by atoms with van der Waals surface area (Å²) in [7, 11) is 0. The van der Waals surface area contributed by atoms with Crippen LogP contribution in [0.5, 0.6) is 0 Å². The zero-order valence-electron chi connectivity index (χ0n) is 13.9. The predicted octanol–water partition coefficient (Wildman–Crippen LogP) is 4.36. The molecule has 0 aromatic heterocycles. The van der Waals surface area contributed by atoms with Gasteiger partial charge in [0, 0.05) is 13.1 Å². The zero-order valence-corrected chi connectivity index (χ0v) is 13.9. The Hall–Kier alpha value is -2.35. The molecule has 0 bridgehead atoms. The van der Waals surface area contributed by atoms with Crippen molar-refractivity contribution in [3.8, 4) is 0 Å². The number of rotatable bonds is 3. The molecule has 2 heteroatoms. The molecule has 0 radical (unpaired) electrons. The van der Waals surface area contributed by atoms with Crippen LogP contribution in [0.1, 0.15) is 35.1 Å². The first kappa shape index (κ1) is 15.5. The van der Waals surface area contributed by atoms with Crippen LogP contribution < -0.4 is 0 Å². The van der Waals surface area contributed by atoms with E-state index in [1.165, 1.54) is 33.4 Å². The van der Waals surface area contributed by atoms with Crippen LogP contribution in [0.25, 0.3) is 5.57 Å². The van der Waals surface area contributed by atoms with E-state index in [1.807, 2.05) is 4.90 Å². The number of likely N-dealkylation sites (tertiary alicyclic amines) is 1. The van der Waals surface area contributed by atoms with Crippen molar-refractivity contribution in [3.63, 3.8) is 0 Å². The van der Waals surface area contributed by atoms with Gasteiger partial charge in [0.25, 0.3) is 0 Å². The molecule has 3 rings (SSSR count). The minimum Gasteiger partial charge on any atom is -0.345 e. The van der Waals surface area contributed by atoms with Crippen LogP contribution in [0.2, 0.25) is 0 Å². The summed E-state index contributed by atoms with van der Waals surface area (Å²) in [5.41, 5.74) is 8.07. The second-order valence-corrected chi connectivity index (χ2v) is 6.25. The van der Waals surface area contributed by atoms with Crippen LogP contribution >= 0.6 is 0 Å². The molecule has 2 nitrogen and oxygen atoms in total. The number of aryl methyl sites for hydroxylation is 2. The zero-order chi connectivity index (χ0) is 16.2. The fraction of sp³-hybridized carbons (Fsp3) is 0.286. The van der Waals surface area contributed by atoms with E-state index in [1.54, 1.807) is 0 Å². The van der Waals surface area contributed by atoms with E-state index >= 15 is 0 Å². The molecule has 0 unspecified atom stereocenters. The van der Waals surface area contributed by atoms with Crippen molar-refractivity contribution >= 4 is 12.0 Å². The molecule has 1 saturated heterocycles. The first-order valence-corrected chi connectivity index (χ1v) is 8.24. The average Bonchev–Trinajstić information content (AvgIpc) is 2.59. The normalized spacial score (nSPS) is 14.7. The van der Waals surface area contributed by atoms with Crippen LogP contribution in [0, 0.1) is 13.8 Å². The van der Waals surface area contributed by atoms with Gasteiger partial charge in [-0.25, -0.2) is 0 Å². The number of carbonyl (C=O) groups excluding carboxylic acids is 1. The summed E-state index contributed by atoms with van der Waals surface area (Å²) in [5.74, 6) is 0. The van der Waals surface area contributed by atoms with Gasteiger partial charge >= 0.3 is 0 Å². The topological polar surface area (TPSA) is 20.3 Å². The molecular weight excluding hydrogens is 282 g/mol. The van der Waals surface area contributed by atoms with Crippen molar-refractivity contribution in [2.75, 3.05) is 13.1 Å². The lowest BCUT2D eigenvalue weighted by Crippen LogP contribution is -2.29. The van der Waals surface area contributed by atoms with Crippen molar-refractivity contribution in [1.29, 1.82) is 0 Å². The molecule has 23 heavy (non-hydrogen) atoms. The van der Waals surface area contributed by atoms with Crippen molar-refractivity contribution in [1.82, 2.24) is 4.90 Å². The molecule has 1 aliphatic rings. The molecular formula is C21H23NO. The Morgan fingerprint density at radius 3 is 1.78 bits per heavy atom. The smallest absolute Gasteiger partial charge is 0.209 e. The molecule has 0 N–H and O–H groups in total. The maximum Gasteiger partial charge on any atom is 0.209 e. The standard InChI is InChI=1S/C21H23NO/c1-16-7-3-5-9-19(16)21(20-10-6-4-8-17(20)2)18-11-13-22(15-23)14-12-18/h3-10,15H,11-14H2,1-2H3. The first-order chi connectivity index (χ1) is 11.2. The van der Waals surface area contributed by atoms with Crippen LogP contribution in [0.15, 0.2) is 54.1 Å². The summed E-state index contributed by atoms with van der Waals surface area (Å²) >= 11 is 0. The molecule has 1 fully saturated rings. The number of nitrogens with zero attached hydrogens (tertiary/aromatic N) is 1. The summed E-state index contributed by atoms with van der Waals surface area (Å²) in [6.07, 6.45) is 2.88. The van der Waals surface area contributed by atoms with E-state index in [9.17, 15) is 4.79 Å². The minimum absolute atomic E-state index is 0.820. The summed E-state index contributed by atoms with van der Waals surface area (Å²) in [6, 6.07) is 17.2. The van der Waals surface area contributed by atoms with Crippen LogP contribution in [-0.4, -0.2) is 24.4 Å². The van der Waals surface area contributed by atoms with Gasteiger partial charge in [0.05, 0.1) is 0 Å². The first-order valence-electron chi connectivity index (χ1n) is 8.24. The fourth-order valence-electron chi connectivity index (χ4n) is 3.38. The predicted molar refractivity (Wildman–Crippen MR) is 95.3 cm³/mol. The fourth-order valence-corrected chi connectivity index (χ4v) is 3.38. The molecule has 118 valence electrons. The summed E-state index contributed by atoms with van der Waals surface area (Å²) in [6.45, 7) is 5.99. The van der Waals surface area contributed by atoms with Gasteiger partial charge in [0.1, 0.15) is 0 Å². The number of piperidine rings is 1. The van der Waals surface area contributed by atoms with Crippen molar-refractivity contribution in [2.24, 2.45) is 0 Å². The maximum atomic E-state index is 11.0. The molecule has 2 aromatic rings. The Balaban J connectivity index is 2.14. The molecule has 1 aliphatic heterocycles. The lowest BCUT2D eigenvalue weighted by molar-refractivity contribution is -0.118. The molecule has 0 saturated carbocycles. The van der Waals surface area contributed by atoms with Gasteiger partial charge in [-0.05, 0) is 54.5 Å². The Bertz CT molecular complexity index is 688. The van der Waals surface area contributed by atoms with Gasteiger partial charge in [0.2, 0.25) is 6.41 Å².